The van der Waals surface area contributed by atoms with Crippen LogP contribution in [-0.4, -0.2) is 23.7 Å². The Morgan fingerprint density at radius 3 is 2.57 bits per heavy atom. The Hall–Kier alpha value is -0.510. The van der Waals surface area contributed by atoms with E-state index in [2.05, 4.69) is 43.8 Å². The number of rotatable bonds is 2. The number of aryl methyl sites for hydroxylation is 2. The summed E-state index contributed by atoms with van der Waals surface area (Å²) in [6, 6.07) is 6.66. The van der Waals surface area contributed by atoms with Gasteiger partial charge in [0.05, 0.1) is 5.60 Å². The third-order valence-corrected chi connectivity index (χ3v) is 6.30. The van der Waals surface area contributed by atoms with Crippen molar-refractivity contribution in [2.45, 2.75) is 51.2 Å². The van der Waals surface area contributed by atoms with Crippen molar-refractivity contribution in [1.82, 2.24) is 0 Å². The molecule has 3 rings (SSSR count). The molecule has 0 aromatic heterocycles. The minimum absolute atomic E-state index is 0.127. The maximum absolute atomic E-state index is 6.70. The summed E-state index contributed by atoms with van der Waals surface area (Å²) >= 11 is 2.06. The van der Waals surface area contributed by atoms with Gasteiger partial charge in [0.25, 0.3) is 0 Å². The van der Waals surface area contributed by atoms with Gasteiger partial charge in [-0.25, -0.2) is 0 Å². The Morgan fingerprint density at radius 1 is 1.24 bits per heavy atom. The fourth-order valence-corrected chi connectivity index (χ4v) is 5.29. The third-order valence-electron chi connectivity index (χ3n) is 5.32. The molecular weight excluding hydrogens is 278 g/mol. The Morgan fingerprint density at radius 2 is 1.90 bits per heavy atom. The van der Waals surface area contributed by atoms with Crippen LogP contribution in [0.3, 0.4) is 0 Å². The standard InChI is InChI=1S/C18H27NOS/c1-13-4-3-5-14(2)16(13)17(19)15-6-9-20-18(12-15)7-10-21-11-8-18/h3-5,15,17H,6-12,19H2,1-2H3. The highest BCUT2D eigenvalue weighted by Crippen LogP contribution is 2.43. The normalized spacial score (nSPS) is 26.7. The summed E-state index contributed by atoms with van der Waals surface area (Å²) in [6.07, 6.45) is 4.65. The van der Waals surface area contributed by atoms with Crippen LogP contribution in [0.1, 0.15) is 48.4 Å². The van der Waals surface area contributed by atoms with Crippen molar-refractivity contribution in [1.29, 1.82) is 0 Å². The van der Waals surface area contributed by atoms with Crippen molar-refractivity contribution in [3.8, 4) is 0 Å². The molecule has 2 aliphatic heterocycles. The molecule has 1 spiro atoms. The van der Waals surface area contributed by atoms with E-state index in [-0.39, 0.29) is 11.6 Å². The van der Waals surface area contributed by atoms with Crippen molar-refractivity contribution in [2.75, 3.05) is 18.1 Å². The van der Waals surface area contributed by atoms with Gasteiger partial charge in [-0.2, -0.15) is 11.8 Å². The van der Waals surface area contributed by atoms with Gasteiger partial charge in [0.1, 0.15) is 0 Å². The average Bonchev–Trinajstić information content (AvgIpc) is 2.48. The highest BCUT2D eigenvalue weighted by Gasteiger charge is 2.40. The van der Waals surface area contributed by atoms with E-state index < -0.39 is 0 Å². The largest absolute Gasteiger partial charge is 0.375 e. The summed E-state index contributed by atoms with van der Waals surface area (Å²) in [5.41, 5.74) is 10.9. The van der Waals surface area contributed by atoms with Gasteiger partial charge in [-0.3, -0.25) is 0 Å². The van der Waals surface area contributed by atoms with Crippen LogP contribution in [0.25, 0.3) is 0 Å². The molecule has 1 aromatic rings. The molecule has 3 heteroatoms. The van der Waals surface area contributed by atoms with Gasteiger partial charge in [-0.05, 0) is 73.6 Å². The molecule has 2 aliphatic rings. The van der Waals surface area contributed by atoms with E-state index in [0.29, 0.717) is 5.92 Å². The molecule has 116 valence electrons. The molecule has 0 radical (unpaired) electrons. The lowest BCUT2D eigenvalue weighted by Gasteiger charge is -2.45. The molecule has 0 amide bonds. The second kappa shape index (κ2) is 6.31. The maximum Gasteiger partial charge on any atom is 0.0701 e. The lowest BCUT2D eigenvalue weighted by Crippen LogP contribution is -2.45. The maximum atomic E-state index is 6.70. The molecule has 0 bridgehead atoms. The predicted octanol–water partition coefficient (Wildman–Crippen LogP) is 4.00. The average molecular weight is 305 g/mol. The number of nitrogens with two attached hydrogens (primary N) is 1. The number of ether oxygens (including phenoxy) is 1. The van der Waals surface area contributed by atoms with Gasteiger partial charge in [0.2, 0.25) is 0 Å². The first-order valence-electron chi connectivity index (χ1n) is 8.15. The molecule has 21 heavy (non-hydrogen) atoms. The molecule has 2 heterocycles. The monoisotopic (exact) mass is 305 g/mol. The van der Waals surface area contributed by atoms with Crippen LogP contribution >= 0.6 is 11.8 Å². The zero-order chi connectivity index (χ0) is 14.9. The Labute approximate surface area is 132 Å². The van der Waals surface area contributed by atoms with Gasteiger partial charge in [-0.15, -0.1) is 0 Å². The van der Waals surface area contributed by atoms with Crippen LogP contribution in [-0.2, 0) is 4.74 Å². The summed E-state index contributed by atoms with van der Waals surface area (Å²) in [5.74, 6) is 3.04. The van der Waals surface area contributed by atoms with Crippen LogP contribution in [0.2, 0.25) is 0 Å². The second-order valence-electron chi connectivity index (χ2n) is 6.73. The van der Waals surface area contributed by atoms with Crippen LogP contribution in [0.4, 0.5) is 0 Å². The van der Waals surface area contributed by atoms with Crippen molar-refractivity contribution in [3.63, 3.8) is 0 Å². The predicted molar refractivity (Wildman–Crippen MR) is 90.8 cm³/mol. The van der Waals surface area contributed by atoms with Gasteiger partial charge in [0, 0.05) is 12.6 Å². The minimum atomic E-state index is 0.127. The van der Waals surface area contributed by atoms with Crippen molar-refractivity contribution >= 4 is 11.8 Å². The molecule has 0 aliphatic carbocycles. The third kappa shape index (κ3) is 3.15. The van der Waals surface area contributed by atoms with E-state index in [1.54, 1.807) is 0 Å². The van der Waals surface area contributed by atoms with E-state index in [0.717, 1.165) is 19.4 Å². The van der Waals surface area contributed by atoms with Crippen LogP contribution in [0.5, 0.6) is 0 Å². The highest BCUT2D eigenvalue weighted by atomic mass is 32.2. The topological polar surface area (TPSA) is 35.2 Å². The Balaban J connectivity index is 1.79. The molecule has 2 atom stereocenters. The molecule has 1 aromatic carbocycles. The summed E-state index contributed by atoms with van der Waals surface area (Å²) in [4.78, 5) is 0. The zero-order valence-electron chi connectivity index (χ0n) is 13.2. The molecule has 2 nitrogen and oxygen atoms in total. The number of benzene rings is 1. The van der Waals surface area contributed by atoms with E-state index in [9.17, 15) is 0 Å². The number of hydrogen-bond donors (Lipinski definition) is 1. The quantitative estimate of drug-likeness (QED) is 0.897. The lowest BCUT2D eigenvalue weighted by atomic mass is 9.76. The Kier molecular flexibility index (Phi) is 4.63. The lowest BCUT2D eigenvalue weighted by molar-refractivity contribution is -0.105. The highest BCUT2D eigenvalue weighted by molar-refractivity contribution is 7.99. The first-order valence-corrected chi connectivity index (χ1v) is 9.30. The van der Waals surface area contributed by atoms with Gasteiger partial charge < -0.3 is 10.5 Å². The van der Waals surface area contributed by atoms with Crippen molar-refractivity contribution in [2.24, 2.45) is 11.7 Å². The number of hydrogen-bond acceptors (Lipinski definition) is 3. The van der Waals surface area contributed by atoms with E-state index in [4.69, 9.17) is 10.5 Å². The SMILES string of the molecule is Cc1cccc(C)c1C(N)C1CCOC2(CCSCC2)C1. The summed E-state index contributed by atoms with van der Waals surface area (Å²) in [7, 11) is 0. The molecule has 2 N–H and O–H groups in total. The number of thioether (sulfide) groups is 1. The zero-order valence-corrected chi connectivity index (χ0v) is 14.0. The summed E-state index contributed by atoms with van der Waals surface area (Å²) in [5, 5.41) is 0. The molecular formula is C18H27NOS. The smallest absolute Gasteiger partial charge is 0.0701 e. The van der Waals surface area contributed by atoms with Gasteiger partial charge >= 0.3 is 0 Å². The van der Waals surface area contributed by atoms with E-state index in [1.807, 2.05) is 0 Å². The fourth-order valence-electron chi connectivity index (χ4n) is 4.05. The fraction of sp³-hybridized carbons (Fsp3) is 0.667. The van der Waals surface area contributed by atoms with E-state index >= 15 is 0 Å². The first-order chi connectivity index (χ1) is 10.1. The van der Waals surface area contributed by atoms with Crippen LogP contribution in [0.15, 0.2) is 18.2 Å². The molecule has 2 unspecified atom stereocenters. The van der Waals surface area contributed by atoms with Gasteiger partial charge in [-0.1, -0.05) is 18.2 Å². The van der Waals surface area contributed by atoms with E-state index in [1.165, 1.54) is 41.0 Å². The van der Waals surface area contributed by atoms with Crippen LogP contribution in [0, 0.1) is 19.8 Å². The molecule has 2 saturated heterocycles. The Bertz CT molecular complexity index is 470. The second-order valence-corrected chi connectivity index (χ2v) is 7.95. The van der Waals surface area contributed by atoms with Gasteiger partial charge in [0.15, 0.2) is 0 Å². The molecule has 2 fully saturated rings. The van der Waals surface area contributed by atoms with Crippen LogP contribution < -0.4 is 5.73 Å². The van der Waals surface area contributed by atoms with Crippen molar-refractivity contribution < 1.29 is 4.74 Å². The molecule has 0 saturated carbocycles. The summed E-state index contributed by atoms with van der Waals surface area (Å²) < 4.78 is 6.21. The van der Waals surface area contributed by atoms with Crippen molar-refractivity contribution in [3.05, 3.63) is 34.9 Å². The summed E-state index contributed by atoms with van der Waals surface area (Å²) in [6.45, 7) is 5.26. The first kappa shape index (κ1) is 15.4. The minimum Gasteiger partial charge on any atom is -0.375 e.